The third kappa shape index (κ3) is 2.96. The van der Waals surface area contributed by atoms with Gasteiger partial charge in [-0.05, 0) is 0 Å². The molecule has 8 heavy (non-hydrogen) atoms. The van der Waals surface area contributed by atoms with E-state index in [1.807, 2.05) is 14.1 Å². The van der Waals surface area contributed by atoms with E-state index in [1.54, 1.807) is 0 Å². The zero-order valence-corrected chi connectivity index (χ0v) is 5.59. The number of quaternary nitrogens is 1. The molecule has 3 N–H and O–H groups in total. The van der Waals surface area contributed by atoms with Crippen LogP contribution >= 0.6 is 0 Å². The van der Waals surface area contributed by atoms with E-state index in [-0.39, 0.29) is 6.61 Å². The van der Waals surface area contributed by atoms with Gasteiger partial charge in [0.25, 0.3) is 0 Å². The molecule has 0 saturated heterocycles. The van der Waals surface area contributed by atoms with Gasteiger partial charge in [0, 0.05) is 0 Å². The summed E-state index contributed by atoms with van der Waals surface area (Å²) in [6.45, 7) is 1.53. The predicted octanol–water partition coefficient (Wildman–Crippen LogP) is -1.03. The number of hydrogen-bond acceptors (Lipinski definition) is 2. The van der Waals surface area contributed by atoms with Crippen molar-refractivity contribution in [3.05, 3.63) is 0 Å². The minimum Gasteiger partial charge on any atom is -0.391 e. The van der Waals surface area contributed by atoms with E-state index in [2.05, 4.69) is 0 Å². The average molecular weight is 119 g/mol. The maximum Gasteiger partial charge on any atom is 0.129 e. The van der Waals surface area contributed by atoms with E-state index in [9.17, 15) is 0 Å². The Morgan fingerprint density at radius 1 is 1.50 bits per heavy atom. The lowest BCUT2D eigenvalue weighted by atomic mass is 10.5. The maximum absolute atomic E-state index is 8.46. The number of aliphatic hydroxyl groups excluding tert-OH is 1. The molecular weight excluding hydrogens is 104 g/mol. The van der Waals surface area contributed by atoms with Gasteiger partial charge in [-0.3, -0.25) is 5.73 Å². The Morgan fingerprint density at radius 2 is 2.00 bits per heavy atom. The molecule has 0 rings (SSSR count). The molecule has 0 unspecified atom stereocenters. The molecule has 0 aliphatic carbocycles. The average Bonchev–Trinajstić information content (AvgIpc) is 1.67. The second-order valence-electron chi connectivity index (χ2n) is 2.57. The molecule has 0 atom stereocenters. The fraction of sp³-hybridized carbons (Fsp3) is 1.00. The molecule has 0 aromatic heterocycles. The van der Waals surface area contributed by atoms with Gasteiger partial charge in [-0.2, -0.15) is 0 Å². The highest BCUT2D eigenvalue weighted by atomic mass is 16.3. The molecule has 3 nitrogen and oxygen atoms in total. The van der Waals surface area contributed by atoms with Crippen molar-refractivity contribution in [2.75, 3.05) is 33.9 Å². The lowest BCUT2D eigenvalue weighted by Crippen LogP contribution is -2.46. The zero-order chi connectivity index (χ0) is 6.62. The van der Waals surface area contributed by atoms with Gasteiger partial charge in [0.2, 0.25) is 0 Å². The molecule has 0 amide bonds. The van der Waals surface area contributed by atoms with E-state index >= 15 is 0 Å². The summed E-state index contributed by atoms with van der Waals surface area (Å²) in [6.07, 6.45) is 0. The van der Waals surface area contributed by atoms with Gasteiger partial charge in [-0.25, -0.2) is 0 Å². The van der Waals surface area contributed by atoms with Crippen LogP contribution < -0.4 is 5.73 Å². The van der Waals surface area contributed by atoms with Crippen molar-refractivity contribution < 1.29 is 9.59 Å². The highest BCUT2D eigenvalue weighted by Gasteiger charge is 2.08. The largest absolute Gasteiger partial charge is 0.391 e. The van der Waals surface area contributed by atoms with Crippen molar-refractivity contribution in [2.24, 2.45) is 5.73 Å². The Kier molecular flexibility index (Phi) is 2.97. The first-order chi connectivity index (χ1) is 3.62. The van der Waals surface area contributed by atoms with Gasteiger partial charge in [0.1, 0.15) is 13.2 Å². The normalized spacial score (nSPS) is 12.0. The number of aliphatic hydroxyl groups is 1. The molecule has 0 radical (unpaired) electrons. The molecule has 0 aromatic carbocycles. The van der Waals surface area contributed by atoms with Crippen LogP contribution in [0.1, 0.15) is 0 Å². The van der Waals surface area contributed by atoms with E-state index in [0.717, 1.165) is 6.54 Å². The van der Waals surface area contributed by atoms with Crippen LogP contribution in [0.2, 0.25) is 0 Å². The van der Waals surface area contributed by atoms with Gasteiger partial charge in [0.05, 0.1) is 20.7 Å². The maximum atomic E-state index is 8.46. The van der Waals surface area contributed by atoms with Crippen molar-refractivity contribution in [2.45, 2.75) is 0 Å². The minimum absolute atomic E-state index is 0.212. The molecule has 0 heterocycles. The molecule has 0 aliphatic rings. The molecule has 0 fully saturated rings. The Morgan fingerprint density at radius 3 is 2.12 bits per heavy atom. The zero-order valence-electron chi connectivity index (χ0n) is 5.59. The summed E-state index contributed by atoms with van der Waals surface area (Å²) in [7, 11) is 3.96. The van der Waals surface area contributed by atoms with E-state index in [0.29, 0.717) is 11.2 Å². The van der Waals surface area contributed by atoms with E-state index in [1.165, 1.54) is 0 Å². The third-order valence-electron chi connectivity index (χ3n) is 1.20. The number of nitrogens with zero attached hydrogens (tertiary/aromatic N) is 1. The van der Waals surface area contributed by atoms with Gasteiger partial charge in [0.15, 0.2) is 0 Å². The number of rotatable bonds is 3. The minimum atomic E-state index is 0.212. The van der Waals surface area contributed by atoms with Gasteiger partial charge >= 0.3 is 0 Å². The van der Waals surface area contributed by atoms with E-state index in [4.69, 9.17) is 10.8 Å². The van der Waals surface area contributed by atoms with Crippen molar-refractivity contribution in [1.82, 2.24) is 0 Å². The predicted molar refractivity (Wildman–Crippen MR) is 33.1 cm³/mol. The first-order valence-corrected chi connectivity index (χ1v) is 2.75. The lowest BCUT2D eigenvalue weighted by Gasteiger charge is -2.26. The SMILES string of the molecule is C[N+](C)(CN)CCO. The Labute approximate surface area is 50.3 Å². The second kappa shape index (κ2) is 3.02. The summed E-state index contributed by atoms with van der Waals surface area (Å²) in [5.41, 5.74) is 5.35. The van der Waals surface area contributed by atoms with Gasteiger partial charge < -0.3 is 9.59 Å². The molecule has 0 saturated carbocycles. The highest BCUT2D eigenvalue weighted by molar-refractivity contribution is 4.23. The summed E-state index contributed by atoms with van der Waals surface area (Å²) < 4.78 is 0.691. The Bertz CT molecular complexity index is 63.4. The summed E-state index contributed by atoms with van der Waals surface area (Å²) >= 11 is 0. The van der Waals surface area contributed by atoms with Crippen molar-refractivity contribution in [3.63, 3.8) is 0 Å². The standard InChI is InChI=1S/C5H15N2O/c1-7(2,5-6)3-4-8/h8H,3-6H2,1-2H3/q+1. The molecule has 0 aliphatic heterocycles. The van der Waals surface area contributed by atoms with Crippen LogP contribution in [0.3, 0.4) is 0 Å². The fourth-order valence-electron chi connectivity index (χ4n) is 0.362. The third-order valence-corrected chi connectivity index (χ3v) is 1.20. The number of nitrogens with two attached hydrogens (primary N) is 1. The topological polar surface area (TPSA) is 46.2 Å². The summed E-state index contributed by atoms with van der Waals surface area (Å²) in [5.74, 6) is 0. The van der Waals surface area contributed by atoms with Crippen LogP contribution in [0, 0.1) is 0 Å². The fourth-order valence-corrected chi connectivity index (χ4v) is 0.362. The Hall–Kier alpha value is -0.120. The molecule has 0 aromatic rings. The van der Waals surface area contributed by atoms with Gasteiger partial charge in [-0.15, -0.1) is 0 Å². The second-order valence-corrected chi connectivity index (χ2v) is 2.57. The summed E-state index contributed by atoms with van der Waals surface area (Å²) in [4.78, 5) is 0. The van der Waals surface area contributed by atoms with Crippen LogP contribution in [-0.2, 0) is 0 Å². The van der Waals surface area contributed by atoms with E-state index < -0.39 is 0 Å². The monoisotopic (exact) mass is 119 g/mol. The number of likely N-dealkylation sites (N-methyl/N-ethyl adjacent to an activating group) is 1. The van der Waals surface area contributed by atoms with Crippen molar-refractivity contribution in [3.8, 4) is 0 Å². The van der Waals surface area contributed by atoms with Crippen LogP contribution in [0.5, 0.6) is 0 Å². The van der Waals surface area contributed by atoms with Crippen molar-refractivity contribution >= 4 is 0 Å². The lowest BCUT2D eigenvalue weighted by molar-refractivity contribution is -0.890. The van der Waals surface area contributed by atoms with Gasteiger partial charge in [-0.1, -0.05) is 0 Å². The highest BCUT2D eigenvalue weighted by Crippen LogP contribution is 1.88. The molecule has 50 valence electrons. The van der Waals surface area contributed by atoms with Crippen LogP contribution in [0.15, 0.2) is 0 Å². The summed E-state index contributed by atoms with van der Waals surface area (Å²) in [5, 5.41) is 8.46. The Balaban J connectivity index is 3.37. The summed E-state index contributed by atoms with van der Waals surface area (Å²) in [6, 6.07) is 0. The first kappa shape index (κ1) is 7.88. The van der Waals surface area contributed by atoms with Crippen LogP contribution in [-0.4, -0.2) is 43.5 Å². The molecule has 3 heteroatoms. The quantitative estimate of drug-likeness (QED) is 0.368. The molecular formula is C5H15N2O+. The molecule has 0 bridgehead atoms. The number of hydrogen-bond donors (Lipinski definition) is 2. The van der Waals surface area contributed by atoms with Crippen LogP contribution in [0.4, 0.5) is 0 Å². The smallest absolute Gasteiger partial charge is 0.129 e. The first-order valence-electron chi connectivity index (χ1n) is 2.75. The van der Waals surface area contributed by atoms with Crippen LogP contribution in [0.25, 0.3) is 0 Å². The van der Waals surface area contributed by atoms with Crippen molar-refractivity contribution in [1.29, 1.82) is 0 Å². The molecule has 0 spiro atoms.